The van der Waals surface area contributed by atoms with Gasteiger partial charge in [-0.2, -0.15) is 0 Å². The van der Waals surface area contributed by atoms with Crippen LogP contribution in [0.1, 0.15) is 29.3 Å². The molecule has 0 aromatic heterocycles. The van der Waals surface area contributed by atoms with Gasteiger partial charge >= 0.3 is 5.97 Å². The molecule has 2 N–H and O–H groups in total. The van der Waals surface area contributed by atoms with E-state index in [9.17, 15) is 19.2 Å². The maximum Gasteiger partial charge on any atom is 0.313 e. The second-order valence-electron chi connectivity index (χ2n) is 7.80. The molecule has 2 amide bonds. The Kier molecular flexibility index (Phi) is 11.0. The largest absolute Gasteiger partial charge is 0.466 e. The molecule has 10 heteroatoms. The number of esters is 1. The van der Waals surface area contributed by atoms with Gasteiger partial charge in [-0.15, -0.1) is 11.8 Å². The van der Waals surface area contributed by atoms with Crippen LogP contribution in [0, 0.1) is 0 Å². The molecule has 3 aromatic rings. The first-order valence-electron chi connectivity index (χ1n) is 11.5. The van der Waals surface area contributed by atoms with Crippen LogP contribution in [0.2, 0.25) is 10.0 Å². The molecule has 0 aliphatic rings. The second kappa shape index (κ2) is 14.4. The summed E-state index contributed by atoms with van der Waals surface area (Å²) in [4.78, 5) is 50.3. The number of carbonyl (C=O) groups is 4. The Bertz CT molecular complexity index is 1340. The Morgan fingerprint density at radius 1 is 0.921 bits per heavy atom. The quantitative estimate of drug-likeness (QED) is 0.126. The molecule has 0 unspecified atom stereocenters. The van der Waals surface area contributed by atoms with Gasteiger partial charge in [0, 0.05) is 31.8 Å². The Labute approximate surface area is 234 Å². The lowest BCUT2D eigenvalue weighted by Crippen LogP contribution is -2.30. The van der Waals surface area contributed by atoms with E-state index in [-0.39, 0.29) is 30.3 Å². The number of carbonyl (C=O) groups excluding carboxylic acids is 4. The standard InChI is InChI=1S/C28H24Cl2N2O5S/c1-2-37-26(34)15-20(33)17-38-21-11-6-10-19(14-21)31-28(36)25(16-22-23(29)12-7-13-24(22)30)32-27(35)18-8-4-3-5-9-18/h3-14,16H,2,15,17H2,1H3,(H,31,36)(H,32,35)/b25-16+. The van der Waals surface area contributed by atoms with Crippen LogP contribution < -0.4 is 10.6 Å². The first kappa shape index (κ1) is 29.0. The van der Waals surface area contributed by atoms with E-state index in [0.29, 0.717) is 31.8 Å². The first-order valence-corrected chi connectivity index (χ1v) is 13.2. The van der Waals surface area contributed by atoms with Crippen molar-refractivity contribution >= 4 is 70.3 Å². The number of halogens is 2. The number of hydrogen-bond acceptors (Lipinski definition) is 6. The van der Waals surface area contributed by atoms with Gasteiger partial charge < -0.3 is 15.4 Å². The summed E-state index contributed by atoms with van der Waals surface area (Å²) in [6.07, 6.45) is 1.12. The van der Waals surface area contributed by atoms with Gasteiger partial charge in [-0.05, 0) is 55.5 Å². The van der Waals surface area contributed by atoms with Gasteiger partial charge in [0.1, 0.15) is 12.1 Å². The van der Waals surface area contributed by atoms with E-state index >= 15 is 0 Å². The summed E-state index contributed by atoms with van der Waals surface area (Å²) in [5.41, 5.74) is 1.10. The number of amides is 2. The summed E-state index contributed by atoms with van der Waals surface area (Å²) in [5, 5.41) is 6.01. The SMILES string of the molecule is CCOC(=O)CC(=O)CSc1cccc(NC(=O)/C(=C\c2c(Cl)cccc2Cl)NC(=O)c2ccccc2)c1. The minimum atomic E-state index is -0.606. The fraction of sp³-hybridized carbons (Fsp3) is 0.143. The van der Waals surface area contributed by atoms with Gasteiger partial charge in [0.2, 0.25) is 0 Å². The van der Waals surface area contributed by atoms with Crippen molar-refractivity contribution in [3.05, 3.63) is 99.7 Å². The molecular weight excluding hydrogens is 547 g/mol. The van der Waals surface area contributed by atoms with Gasteiger partial charge in [-0.1, -0.05) is 53.5 Å². The van der Waals surface area contributed by atoms with E-state index in [2.05, 4.69) is 10.6 Å². The number of benzene rings is 3. The van der Waals surface area contributed by atoms with Crippen LogP contribution in [-0.4, -0.2) is 35.9 Å². The Hall–Kier alpha value is -3.59. The molecule has 0 atom stereocenters. The molecule has 196 valence electrons. The van der Waals surface area contributed by atoms with E-state index in [1.54, 1.807) is 79.7 Å². The third-order valence-electron chi connectivity index (χ3n) is 4.96. The topological polar surface area (TPSA) is 102 Å². The fourth-order valence-corrected chi connectivity index (χ4v) is 4.51. The summed E-state index contributed by atoms with van der Waals surface area (Å²) < 4.78 is 4.79. The van der Waals surface area contributed by atoms with Crippen LogP contribution >= 0.6 is 35.0 Å². The van der Waals surface area contributed by atoms with Crippen LogP contribution in [-0.2, 0) is 19.1 Å². The van der Waals surface area contributed by atoms with E-state index < -0.39 is 17.8 Å². The minimum Gasteiger partial charge on any atom is -0.466 e. The van der Waals surface area contributed by atoms with Crippen LogP contribution in [0.3, 0.4) is 0 Å². The van der Waals surface area contributed by atoms with Crippen molar-refractivity contribution in [2.45, 2.75) is 18.2 Å². The lowest BCUT2D eigenvalue weighted by Gasteiger charge is -2.13. The molecular formula is C28H24Cl2N2O5S. The average Bonchev–Trinajstić information content (AvgIpc) is 2.89. The molecule has 0 saturated heterocycles. The van der Waals surface area contributed by atoms with Crippen LogP contribution in [0.25, 0.3) is 6.08 Å². The Morgan fingerprint density at radius 2 is 1.61 bits per heavy atom. The molecule has 0 aliphatic heterocycles. The Balaban J connectivity index is 1.78. The molecule has 0 fully saturated rings. The number of anilines is 1. The third-order valence-corrected chi connectivity index (χ3v) is 6.67. The summed E-state index contributed by atoms with van der Waals surface area (Å²) in [6.45, 7) is 1.89. The molecule has 0 radical (unpaired) electrons. The summed E-state index contributed by atoms with van der Waals surface area (Å²) >= 11 is 13.8. The smallest absolute Gasteiger partial charge is 0.313 e. The number of hydrogen-bond donors (Lipinski definition) is 2. The lowest BCUT2D eigenvalue weighted by atomic mass is 10.1. The summed E-state index contributed by atoms with van der Waals surface area (Å²) in [7, 11) is 0. The molecule has 0 aliphatic carbocycles. The van der Waals surface area contributed by atoms with E-state index in [4.69, 9.17) is 27.9 Å². The zero-order valence-electron chi connectivity index (χ0n) is 20.3. The van der Waals surface area contributed by atoms with Crippen molar-refractivity contribution in [3.63, 3.8) is 0 Å². The van der Waals surface area contributed by atoms with Crippen molar-refractivity contribution in [1.29, 1.82) is 0 Å². The normalized spacial score (nSPS) is 11.0. The average molecular weight is 571 g/mol. The fourth-order valence-electron chi connectivity index (χ4n) is 3.19. The molecule has 0 bridgehead atoms. The number of rotatable bonds is 11. The van der Waals surface area contributed by atoms with Crippen LogP contribution in [0.4, 0.5) is 5.69 Å². The highest BCUT2D eigenvalue weighted by atomic mass is 35.5. The predicted octanol–water partition coefficient (Wildman–Crippen LogP) is 6.02. The summed E-state index contributed by atoms with van der Waals surface area (Å²) in [5.74, 6) is -1.85. The van der Waals surface area contributed by atoms with Crippen molar-refractivity contribution < 1.29 is 23.9 Å². The third kappa shape index (κ3) is 8.76. The highest BCUT2D eigenvalue weighted by molar-refractivity contribution is 8.00. The van der Waals surface area contributed by atoms with Crippen LogP contribution in [0.15, 0.2) is 83.4 Å². The first-order chi connectivity index (χ1) is 18.3. The maximum absolute atomic E-state index is 13.3. The molecule has 0 heterocycles. The van der Waals surface area contributed by atoms with Crippen molar-refractivity contribution in [2.75, 3.05) is 17.7 Å². The second-order valence-corrected chi connectivity index (χ2v) is 9.67. The lowest BCUT2D eigenvalue weighted by molar-refractivity contribution is -0.145. The van der Waals surface area contributed by atoms with E-state index in [1.807, 2.05) is 0 Å². The van der Waals surface area contributed by atoms with Crippen molar-refractivity contribution in [3.8, 4) is 0 Å². The zero-order valence-corrected chi connectivity index (χ0v) is 22.7. The highest BCUT2D eigenvalue weighted by Gasteiger charge is 2.17. The predicted molar refractivity (Wildman–Crippen MR) is 150 cm³/mol. The highest BCUT2D eigenvalue weighted by Crippen LogP contribution is 2.27. The van der Waals surface area contributed by atoms with E-state index in [0.717, 1.165) is 0 Å². The van der Waals surface area contributed by atoms with Crippen LogP contribution in [0.5, 0.6) is 0 Å². The summed E-state index contributed by atoms with van der Waals surface area (Å²) in [6, 6.07) is 20.2. The minimum absolute atomic E-state index is 0.0690. The Morgan fingerprint density at radius 3 is 2.29 bits per heavy atom. The number of nitrogens with one attached hydrogen (secondary N) is 2. The van der Waals surface area contributed by atoms with Crippen molar-refractivity contribution in [2.24, 2.45) is 0 Å². The number of ether oxygens (including phenoxy) is 1. The number of ketones is 1. The molecule has 7 nitrogen and oxygen atoms in total. The molecule has 0 spiro atoms. The molecule has 3 rings (SSSR count). The van der Waals surface area contributed by atoms with Gasteiger partial charge in [0.25, 0.3) is 11.8 Å². The van der Waals surface area contributed by atoms with Gasteiger partial charge in [-0.3, -0.25) is 19.2 Å². The van der Waals surface area contributed by atoms with Gasteiger partial charge in [-0.25, -0.2) is 0 Å². The van der Waals surface area contributed by atoms with E-state index in [1.165, 1.54) is 17.8 Å². The van der Waals surface area contributed by atoms with Gasteiger partial charge in [0.05, 0.1) is 12.4 Å². The number of thioether (sulfide) groups is 1. The van der Waals surface area contributed by atoms with Gasteiger partial charge in [0.15, 0.2) is 5.78 Å². The monoisotopic (exact) mass is 570 g/mol. The maximum atomic E-state index is 13.3. The molecule has 0 saturated carbocycles. The number of Topliss-reactive ketones (excluding diaryl/α,β-unsaturated/α-hetero) is 1. The zero-order chi connectivity index (χ0) is 27.5. The van der Waals surface area contributed by atoms with Crippen molar-refractivity contribution in [1.82, 2.24) is 5.32 Å². The molecule has 3 aromatic carbocycles. The molecule has 38 heavy (non-hydrogen) atoms.